The molecule has 154 valence electrons. The van der Waals surface area contributed by atoms with Crippen LogP contribution in [0.15, 0.2) is 18.2 Å². The van der Waals surface area contributed by atoms with Gasteiger partial charge >= 0.3 is 12.5 Å². The topological polar surface area (TPSA) is 18.5 Å². The highest BCUT2D eigenvalue weighted by atomic mass is 19.4. The zero-order valence-electron chi connectivity index (χ0n) is 15.1. The molecule has 2 rings (SSSR count). The van der Waals surface area contributed by atoms with Gasteiger partial charge in [0.25, 0.3) is 0 Å². The minimum atomic E-state index is -5.07. The molecule has 1 aliphatic carbocycles. The van der Waals surface area contributed by atoms with E-state index in [-0.39, 0.29) is 5.92 Å². The first-order valence-corrected chi connectivity index (χ1v) is 9.20. The average Bonchev–Trinajstić information content (AvgIpc) is 2.56. The van der Waals surface area contributed by atoms with Gasteiger partial charge in [0.1, 0.15) is 5.75 Å². The SMILES string of the molecule is CCCC1CCC(CCC(F)(F)Oc2ccc(OC(F)(F)F)c(F)c2)CC1. The Kier molecular flexibility index (Phi) is 7.28. The van der Waals surface area contributed by atoms with Crippen molar-refractivity contribution >= 4 is 0 Å². The molecule has 8 heteroatoms. The maximum absolute atomic E-state index is 14.0. The Morgan fingerprint density at radius 2 is 1.52 bits per heavy atom. The molecule has 0 aliphatic heterocycles. The molecule has 1 aromatic rings. The standard InChI is InChI=1S/C19H24F6O2/c1-2-3-13-4-6-14(7-5-13)10-11-18(21,22)26-15-8-9-17(16(20)12-15)27-19(23,24)25/h8-9,12-14H,2-7,10-11H2,1H3. The molecule has 1 fully saturated rings. The number of rotatable bonds is 8. The molecule has 0 spiro atoms. The molecule has 0 unspecified atom stereocenters. The first-order valence-electron chi connectivity index (χ1n) is 9.20. The summed E-state index contributed by atoms with van der Waals surface area (Å²) in [6, 6.07) is 1.90. The first kappa shape index (κ1) is 21.7. The van der Waals surface area contributed by atoms with Gasteiger partial charge in [-0.1, -0.05) is 45.4 Å². The zero-order valence-corrected chi connectivity index (χ0v) is 15.1. The lowest BCUT2D eigenvalue weighted by atomic mass is 9.78. The molecular formula is C19H24F6O2. The van der Waals surface area contributed by atoms with E-state index in [1.165, 1.54) is 6.42 Å². The van der Waals surface area contributed by atoms with E-state index < -0.39 is 36.2 Å². The van der Waals surface area contributed by atoms with Crippen molar-refractivity contribution in [3.63, 3.8) is 0 Å². The fourth-order valence-electron chi connectivity index (χ4n) is 3.57. The van der Waals surface area contributed by atoms with Crippen molar-refractivity contribution in [3.05, 3.63) is 24.0 Å². The van der Waals surface area contributed by atoms with E-state index in [0.29, 0.717) is 24.5 Å². The Morgan fingerprint density at radius 1 is 0.926 bits per heavy atom. The molecule has 0 amide bonds. The predicted octanol–water partition coefficient (Wildman–Crippen LogP) is 7.08. The van der Waals surface area contributed by atoms with Crippen LogP contribution in [0.1, 0.15) is 58.3 Å². The summed E-state index contributed by atoms with van der Waals surface area (Å²) >= 11 is 0. The lowest BCUT2D eigenvalue weighted by Gasteiger charge is -2.29. The van der Waals surface area contributed by atoms with Crippen molar-refractivity contribution in [2.24, 2.45) is 11.8 Å². The van der Waals surface area contributed by atoms with Crippen LogP contribution >= 0.6 is 0 Å². The van der Waals surface area contributed by atoms with Gasteiger partial charge in [-0.15, -0.1) is 13.2 Å². The molecule has 0 saturated heterocycles. The van der Waals surface area contributed by atoms with Crippen LogP contribution in [-0.4, -0.2) is 12.5 Å². The molecule has 27 heavy (non-hydrogen) atoms. The quantitative estimate of drug-likeness (QED) is 0.436. The molecule has 1 aromatic carbocycles. The minimum absolute atomic E-state index is 0.215. The van der Waals surface area contributed by atoms with Crippen LogP contribution in [0.3, 0.4) is 0 Å². The van der Waals surface area contributed by atoms with Gasteiger partial charge in [0.05, 0.1) is 6.42 Å². The number of halogens is 6. The van der Waals surface area contributed by atoms with Crippen molar-refractivity contribution in [2.75, 3.05) is 0 Å². The predicted molar refractivity (Wildman–Crippen MR) is 88.2 cm³/mol. The number of hydrogen-bond donors (Lipinski definition) is 0. The van der Waals surface area contributed by atoms with Crippen molar-refractivity contribution in [1.29, 1.82) is 0 Å². The van der Waals surface area contributed by atoms with Gasteiger partial charge < -0.3 is 9.47 Å². The van der Waals surface area contributed by atoms with E-state index in [2.05, 4.69) is 16.4 Å². The fraction of sp³-hybridized carbons (Fsp3) is 0.684. The Morgan fingerprint density at radius 3 is 2.04 bits per heavy atom. The maximum atomic E-state index is 14.0. The van der Waals surface area contributed by atoms with E-state index in [1.54, 1.807) is 0 Å². The molecule has 0 bridgehead atoms. The third-order valence-corrected chi connectivity index (χ3v) is 4.90. The zero-order chi connectivity index (χ0) is 20.1. The average molecular weight is 398 g/mol. The van der Waals surface area contributed by atoms with E-state index in [0.717, 1.165) is 38.2 Å². The van der Waals surface area contributed by atoms with Gasteiger partial charge in [-0.2, -0.15) is 8.78 Å². The van der Waals surface area contributed by atoms with Crippen molar-refractivity contribution < 1.29 is 35.8 Å². The van der Waals surface area contributed by atoms with E-state index >= 15 is 0 Å². The number of benzene rings is 1. The second-order valence-electron chi connectivity index (χ2n) is 7.09. The highest BCUT2D eigenvalue weighted by Gasteiger charge is 2.35. The van der Waals surface area contributed by atoms with Crippen LogP contribution in [0.4, 0.5) is 26.3 Å². The van der Waals surface area contributed by atoms with Gasteiger partial charge in [-0.3, -0.25) is 0 Å². The largest absolute Gasteiger partial charge is 0.573 e. The van der Waals surface area contributed by atoms with Crippen LogP contribution in [0.5, 0.6) is 11.5 Å². The number of ether oxygens (including phenoxy) is 2. The van der Waals surface area contributed by atoms with Gasteiger partial charge in [0.2, 0.25) is 0 Å². The summed E-state index contributed by atoms with van der Waals surface area (Å²) in [6.45, 7) is 2.13. The van der Waals surface area contributed by atoms with E-state index in [4.69, 9.17) is 0 Å². The van der Waals surface area contributed by atoms with E-state index in [1.807, 2.05) is 0 Å². The second-order valence-corrected chi connectivity index (χ2v) is 7.09. The lowest BCUT2D eigenvalue weighted by molar-refractivity contribution is -0.275. The van der Waals surface area contributed by atoms with Gasteiger partial charge in [-0.25, -0.2) is 4.39 Å². The van der Waals surface area contributed by atoms with Gasteiger partial charge in [0, 0.05) is 6.07 Å². The van der Waals surface area contributed by atoms with Crippen LogP contribution in [0.25, 0.3) is 0 Å². The Bertz CT molecular complexity index is 594. The van der Waals surface area contributed by atoms with Crippen molar-refractivity contribution in [2.45, 2.75) is 70.8 Å². The van der Waals surface area contributed by atoms with E-state index in [9.17, 15) is 26.3 Å². The van der Waals surface area contributed by atoms with Gasteiger partial charge in [-0.05, 0) is 30.4 Å². The summed E-state index contributed by atoms with van der Waals surface area (Å²) in [5, 5.41) is 0. The van der Waals surface area contributed by atoms with Gasteiger partial charge in [0.15, 0.2) is 11.6 Å². The van der Waals surface area contributed by atoms with Crippen molar-refractivity contribution in [3.8, 4) is 11.5 Å². The normalized spacial score (nSPS) is 21.1. The summed E-state index contributed by atoms with van der Waals surface area (Å²) < 4.78 is 85.9. The fourth-order valence-corrected chi connectivity index (χ4v) is 3.57. The van der Waals surface area contributed by atoms with Crippen molar-refractivity contribution in [1.82, 2.24) is 0 Å². The summed E-state index contributed by atoms with van der Waals surface area (Å²) in [5.74, 6) is -2.16. The molecule has 1 aliphatic rings. The highest BCUT2D eigenvalue weighted by molar-refractivity contribution is 5.33. The van der Waals surface area contributed by atoms with Crippen LogP contribution in [-0.2, 0) is 0 Å². The maximum Gasteiger partial charge on any atom is 0.573 e. The summed E-state index contributed by atoms with van der Waals surface area (Å²) in [6.07, 6.45) is -2.56. The van der Waals surface area contributed by atoms with Crippen LogP contribution in [0.2, 0.25) is 0 Å². The van der Waals surface area contributed by atoms with Crippen LogP contribution in [0, 0.1) is 17.7 Å². The lowest BCUT2D eigenvalue weighted by Crippen LogP contribution is -2.26. The third-order valence-electron chi connectivity index (χ3n) is 4.90. The molecule has 0 radical (unpaired) electrons. The first-order chi connectivity index (χ1) is 12.6. The summed E-state index contributed by atoms with van der Waals surface area (Å²) in [4.78, 5) is 0. The molecule has 0 N–H and O–H groups in total. The summed E-state index contributed by atoms with van der Waals surface area (Å²) in [5.41, 5.74) is 0. The Balaban J connectivity index is 1.84. The molecule has 1 saturated carbocycles. The number of alkyl halides is 5. The molecule has 0 aromatic heterocycles. The van der Waals surface area contributed by atoms with Crippen LogP contribution < -0.4 is 9.47 Å². The molecule has 0 heterocycles. The minimum Gasteiger partial charge on any atom is -0.432 e. The Labute approximate surface area is 154 Å². The Hall–Kier alpha value is -1.60. The smallest absolute Gasteiger partial charge is 0.432 e. The second kappa shape index (κ2) is 9.06. The highest BCUT2D eigenvalue weighted by Crippen LogP contribution is 2.37. The number of hydrogen-bond acceptors (Lipinski definition) is 2. The summed E-state index contributed by atoms with van der Waals surface area (Å²) in [7, 11) is 0. The molecule has 0 atom stereocenters. The molecular weight excluding hydrogens is 374 g/mol. The monoisotopic (exact) mass is 398 g/mol. The molecule has 2 nitrogen and oxygen atoms in total. The third kappa shape index (κ3) is 7.50.